The Morgan fingerprint density at radius 2 is 2.55 bits per heavy atom. The molecule has 1 aliphatic carbocycles. The van der Waals surface area contributed by atoms with E-state index in [0.29, 0.717) is 5.78 Å². The van der Waals surface area contributed by atoms with E-state index in [4.69, 9.17) is 5.26 Å². The van der Waals surface area contributed by atoms with Gasteiger partial charge in [-0.25, -0.2) is 0 Å². The number of rotatable bonds is 2. The van der Waals surface area contributed by atoms with Crippen LogP contribution in [0, 0.1) is 17.2 Å². The zero-order valence-corrected chi connectivity index (χ0v) is 6.42. The van der Waals surface area contributed by atoms with Gasteiger partial charge in [0, 0.05) is 18.4 Å². The first kappa shape index (κ1) is 8.00. The van der Waals surface area contributed by atoms with Gasteiger partial charge >= 0.3 is 0 Å². The molecule has 1 fully saturated rings. The number of ketones is 1. The summed E-state index contributed by atoms with van der Waals surface area (Å²) in [5.41, 5.74) is 0. The molecule has 1 unspecified atom stereocenters. The van der Waals surface area contributed by atoms with Gasteiger partial charge in [0.1, 0.15) is 5.78 Å². The first-order chi connectivity index (χ1) is 5.34. The highest BCUT2D eigenvalue weighted by Crippen LogP contribution is 2.24. The Morgan fingerprint density at radius 1 is 1.73 bits per heavy atom. The van der Waals surface area contributed by atoms with E-state index in [1.54, 1.807) is 6.08 Å². The fraction of sp³-hybridized carbons (Fsp3) is 0.556. The van der Waals surface area contributed by atoms with Crippen LogP contribution in [0.15, 0.2) is 12.2 Å². The number of carbonyl (C=O) groups is 1. The summed E-state index contributed by atoms with van der Waals surface area (Å²) in [5, 5.41) is 8.18. The van der Waals surface area contributed by atoms with Crippen molar-refractivity contribution in [1.82, 2.24) is 0 Å². The second kappa shape index (κ2) is 3.92. The molecule has 0 aromatic rings. The van der Waals surface area contributed by atoms with Crippen molar-refractivity contribution in [3.63, 3.8) is 0 Å². The molecule has 0 bridgehead atoms. The normalized spacial score (nSPS) is 24.3. The molecule has 1 atom stereocenters. The van der Waals surface area contributed by atoms with Crippen molar-refractivity contribution < 1.29 is 4.79 Å². The third kappa shape index (κ3) is 2.19. The highest BCUT2D eigenvalue weighted by molar-refractivity contribution is 5.82. The van der Waals surface area contributed by atoms with E-state index in [2.05, 4.69) is 0 Å². The van der Waals surface area contributed by atoms with Crippen molar-refractivity contribution in [1.29, 1.82) is 5.26 Å². The summed E-state index contributed by atoms with van der Waals surface area (Å²) in [5.74, 6) is 0.576. The molecule has 1 rings (SSSR count). The summed E-state index contributed by atoms with van der Waals surface area (Å²) < 4.78 is 0. The minimum Gasteiger partial charge on any atom is -0.299 e. The van der Waals surface area contributed by atoms with Crippen LogP contribution in [0.2, 0.25) is 0 Å². The topological polar surface area (TPSA) is 40.9 Å². The number of allylic oxidation sites excluding steroid dienone is 2. The predicted octanol–water partition coefficient (Wildman–Crippen LogP) is 1.83. The molecular weight excluding hydrogens is 138 g/mol. The van der Waals surface area contributed by atoms with Gasteiger partial charge in [0.2, 0.25) is 0 Å². The molecule has 0 amide bonds. The van der Waals surface area contributed by atoms with E-state index in [9.17, 15) is 4.79 Å². The molecule has 2 heteroatoms. The van der Waals surface area contributed by atoms with Gasteiger partial charge in [0.05, 0.1) is 6.07 Å². The van der Waals surface area contributed by atoms with E-state index in [1.165, 1.54) is 6.08 Å². The first-order valence-corrected chi connectivity index (χ1v) is 3.92. The molecule has 58 valence electrons. The second-order valence-electron chi connectivity index (χ2n) is 2.82. The number of nitriles is 1. The van der Waals surface area contributed by atoms with Crippen molar-refractivity contribution >= 4 is 5.78 Å². The lowest BCUT2D eigenvalue weighted by Crippen LogP contribution is -2.03. The van der Waals surface area contributed by atoms with Crippen LogP contribution in [0.4, 0.5) is 0 Å². The molecule has 0 radical (unpaired) electrons. The molecular formula is C9H11NO. The van der Waals surface area contributed by atoms with E-state index < -0.39 is 0 Å². The van der Waals surface area contributed by atoms with Crippen molar-refractivity contribution in [2.24, 2.45) is 5.92 Å². The van der Waals surface area contributed by atoms with E-state index in [-0.39, 0.29) is 5.92 Å². The zero-order chi connectivity index (χ0) is 8.10. The Bertz CT molecular complexity index is 212. The second-order valence-corrected chi connectivity index (χ2v) is 2.82. The maximum absolute atomic E-state index is 11.1. The van der Waals surface area contributed by atoms with Gasteiger partial charge in [-0.2, -0.15) is 5.26 Å². The Labute approximate surface area is 66.5 Å². The number of nitrogens with zero attached hydrogens (tertiary/aromatic N) is 1. The molecule has 2 nitrogen and oxygen atoms in total. The monoisotopic (exact) mass is 149 g/mol. The fourth-order valence-electron chi connectivity index (χ4n) is 1.42. The predicted molar refractivity (Wildman–Crippen MR) is 41.7 cm³/mol. The van der Waals surface area contributed by atoms with E-state index in [0.717, 1.165) is 25.7 Å². The van der Waals surface area contributed by atoms with Crippen LogP contribution < -0.4 is 0 Å². The molecule has 1 saturated carbocycles. The first-order valence-electron chi connectivity index (χ1n) is 3.92. The summed E-state index contributed by atoms with van der Waals surface area (Å²) in [6.45, 7) is 0. The van der Waals surface area contributed by atoms with Gasteiger partial charge in [0.15, 0.2) is 0 Å². The smallest absolute Gasteiger partial charge is 0.136 e. The van der Waals surface area contributed by atoms with Crippen molar-refractivity contribution in [2.75, 3.05) is 0 Å². The summed E-state index contributed by atoms with van der Waals surface area (Å²) in [6.07, 6.45) is 6.77. The Morgan fingerprint density at radius 3 is 3.09 bits per heavy atom. The van der Waals surface area contributed by atoms with E-state index >= 15 is 0 Å². The average Bonchev–Trinajstić information content (AvgIpc) is 2.37. The lowest BCUT2D eigenvalue weighted by Gasteiger charge is -2.00. The molecule has 0 aromatic carbocycles. The minimum atomic E-state index is 0.208. The Hall–Kier alpha value is -1.10. The molecule has 0 aromatic heterocycles. The van der Waals surface area contributed by atoms with Gasteiger partial charge in [-0.3, -0.25) is 4.79 Å². The van der Waals surface area contributed by atoms with Gasteiger partial charge < -0.3 is 0 Å². The van der Waals surface area contributed by atoms with Crippen LogP contribution >= 0.6 is 0 Å². The van der Waals surface area contributed by atoms with Crippen LogP contribution in [0.3, 0.4) is 0 Å². The van der Waals surface area contributed by atoms with Crippen molar-refractivity contribution in [2.45, 2.75) is 25.7 Å². The van der Waals surface area contributed by atoms with Gasteiger partial charge in [-0.15, -0.1) is 0 Å². The summed E-state index contributed by atoms with van der Waals surface area (Å²) in [6, 6.07) is 1.91. The summed E-state index contributed by atoms with van der Waals surface area (Å²) in [4.78, 5) is 11.1. The van der Waals surface area contributed by atoms with Crippen LogP contribution in [-0.4, -0.2) is 5.78 Å². The maximum atomic E-state index is 11.1. The zero-order valence-electron chi connectivity index (χ0n) is 6.42. The van der Waals surface area contributed by atoms with Gasteiger partial charge in [-0.1, -0.05) is 6.08 Å². The maximum Gasteiger partial charge on any atom is 0.136 e. The lowest BCUT2D eigenvalue weighted by molar-refractivity contribution is -0.120. The third-order valence-electron chi connectivity index (χ3n) is 2.04. The van der Waals surface area contributed by atoms with Gasteiger partial charge in [0.25, 0.3) is 0 Å². The van der Waals surface area contributed by atoms with Crippen molar-refractivity contribution in [3.05, 3.63) is 12.2 Å². The highest BCUT2D eigenvalue weighted by Gasteiger charge is 2.22. The standard InChI is InChI=1S/C9H11NO/c10-7-2-1-4-8-5-3-6-9(8)11/h1-2,8H,3-6H2/b2-1+. The number of hydrogen-bond acceptors (Lipinski definition) is 2. The SMILES string of the molecule is N#C/C=C/CC1CCCC1=O. The molecule has 0 heterocycles. The minimum absolute atomic E-state index is 0.208. The lowest BCUT2D eigenvalue weighted by atomic mass is 10.0. The Kier molecular flexibility index (Phi) is 2.85. The number of Topliss-reactive ketones (excluding diaryl/α,β-unsaturated/α-hetero) is 1. The molecule has 0 spiro atoms. The number of hydrogen-bond donors (Lipinski definition) is 0. The molecule has 0 aliphatic heterocycles. The summed E-state index contributed by atoms with van der Waals surface area (Å²) >= 11 is 0. The highest BCUT2D eigenvalue weighted by atomic mass is 16.1. The van der Waals surface area contributed by atoms with E-state index in [1.807, 2.05) is 6.07 Å². The molecule has 1 aliphatic rings. The van der Waals surface area contributed by atoms with Gasteiger partial charge in [-0.05, 0) is 19.3 Å². The third-order valence-corrected chi connectivity index (χ3v) is 2.04. The number of carbonyl (C=O) groups excluding carboxylic acids is 1. The molecule has 0 saturated heterocycles. The largest absolute Gasteiger partial charge is 0.299 e. The quantitative estimate of drug-likeness (QED) is 0.562. The average molecular weight is 149 g/mol. The van der Waals surface area contributed by atoms with Crippen molar-refractivity contribution in [3.8, 4) is 6.07 Å². The fourth-order valence-corrected chi connectivity index (χ4v) is 1.42. The van der Waals surface area contributed by atoms with Crippen LogP contribution in [-0.2, 0) is 4.79 Å². The molecule has 0 N–H and O–H groups in total. The summed E-state index contributed by atoms with van der Waals surface area (Å²) in [7, 11) is 0. The Balaban J connectivity index is 2.32. The van der Waals surface area contributed by atoms with Crippen LogP contribution in [0.5, 0.6) is 0 Å². The van der Waals surface area contributed by atoms with Crippen LogP contribution in [0.1, 0.15) is 25.7 Å². The molecule has 11 heavy (non-hydrogen) atoms. The van der Waals surface area contributed by atoms with Crippen LogP contribution in [0.25, 0.3) is 0 Å².